The summed E-state index contributed by atoms with van der Waals surface area (Å²) in [6.07, 6.45) is 2.80. The first-order valence-electron chi connectivity index (χ1n) is 7.84. The Morgan fingerprint density at radius 3 is 2.72 bits per heavy atom. The zero-order valence-corrected chi connectivity index (χ0v) is 15.3. The minimum atomic E-state index is -0.676. The van der Waals surface area contributed by atoms with Crippen LogP contribution in [0.5, 0.6) is 0 Å². The monoisotopic (exact) mass is 367 g/mol. The van der Waals surface area contributed by atoms with Gasteiger partial charge in [-0.15, -0.1) is 0 Å². The van der Waals surface area contributed by atoms with Gasteiger partial charge in [0.2, 0.25) is 0 Å². The van der Waals surface area contributed by atoms with Crippen LogP contribution in [-0.4, -0.2) is 22.7 Å². The van der Waals surface area contributed by atoms with Crippen LogP contribution in [0.4, 0.5) is 14.5 Å². The molecule has 134 valence electrons. The Labute approximate surface area is 150 Å². The minimum absolute atomic E-state index is 0.132. The Kier molecular flexibility index (Phi) is 5.95. The molecule has 0 bridgehead atoms. The van der Waals surface area contributed by atoms with Gasteiger partial charge in [0.25, 0.3) is 5.91 Å². The van der Waals surface area contributed by atoms with E-state index in [0.29, 0.717) is 28.9 Å². The summed E-state index contributed by atoms with van der Waals surface area (Å²) in [6.45, 7) is 6.56. The van der Waals surface area contributed by atoms with E-state index >= 15 is 0 Å². The van der Waals surface area contributed by atoms with Crippen molar-refractivity contribution in [1.82, 2.24) is 9.78 Å². The number of nitrogens with zero attached hydrogens (tertiary/aromatic N) is 3. The van der Waals surface area contributed by atoms with Crippen LogP contribution >= 0.6 is 11.6 Å². The van der Waals surface area contributed by atoms with E-state index in [4.69, 9.17) is 11.6 Å². The van der Waals surface area contributed by atoms with E-state index in [2.05, 4.69) is 18.9 Å². The van der Waals surface area contributed by atoms with Crippen LogP contribution in [-0.2, 0) is 11.3 Å². The second-order valence-electron chi connectivity index (χ2n) is 6.19. The van der Waals surface area contributed by atoms with E-state index in [0.717, 1.165) is 23.1 Å². The largest absolute Gasteiger partial charge is 0.309 e. The van der Waals surface area contributed by atoms with Crippen LogP contribution in [0, 0.1) is 24.5 Å². The Hall–Kier alpha value is -2.21. The predicted molar refractivity (Wildman–Crippen MR) is 95.6 cm³/mol. The lowest BCUT2D eigenvalue weighted by Crippen LogP contribution is -2.25. The number of carbonyl (C=O) groups excluding carboxylic acids is 1. The van der Waals surface area contributed by atoms with Gasteiger partial charge in [-0.1, -0.05) is 25.4 Å². The van der Waals surface area contributed by atoms with E-state index < -0.39 is 17.5 Å². The quantitative estimate of drug-likeness (QED) is 0.732. The lowest BCUT2D eigenvalue weighted by Gasteiger charge is -2.16. The van der Waals surface area contributed by atoms with E-state index in [1.54, 1.807) is 11.6 Å². The molecule has 0 aliphatic rings. The number of halogens is 3. The summed E-state index contributed by atoms with van der Waals surface area (Å²) in [7, 11) is 1.38. The summed E-state index contributed by atoms with van der Waals surface area (Å²) < 4.78 is 28.7. The summed E-state index contributed by atoms with van der Waals surface area (Å²) in [5.74, 6) is -1.42. The highest BCUT2D eigenvalue weighted by Crippen LogP contribution is 2.23. The Balaban J connectivity index is 2.23. The van der Waals surface area contributed by atoms with Crippen molar-refractivity contribution in [3.05, 3.63) is 52.3 Å². The van der Waals surface area contributed by atoms with Gasteiger partial charge in [0.05, 0.1) is 11.4 Å². The summed E-state index contributed by atoms with van der Waals surface area (Å²) in [5, 5.41) is 4.80. The molecule has 1 aromatic carbocycles. The Morgan fingerprint density at radius 2 is 2.08 bits per heavy atom. The van der Waals surface area contributed by atoms with Crippen molar-refractivity contribution in [2.24, 2.45) is 5.92 Å². The Bertz CT molecular complexity index is 815. The molecule has 0 unspecified atom stereocenters. The molecule has 0 aliphatic carbocycles. The number of amides is 1. The van der Waals surface area contributed by atoms with E-state index in [-0.39, 0.29) is 5.69 Å². The fourth-order valence-electron chi connectivity index (χ4n) is 2.35. The zero-order valence-electron chi connectivity index (χ0n) is 14.6. The zero-order chi connectivity index (χ0) is 18.7. The van der Waals surface area contributed by atoms with Crippen molar-refractivity contribution in [2.75, 3.05) is 11.9 Å². The van der Waals surface area contributed by atoms with Gasteiger partial charge < -0.3 is 4.90 Å². The number of likely N-dealkylation sites (N-methyl/N-ethyl adjacent to an activating group) is 1. The molecule has 0 spiro atoms. The molecule has 0 atom stereocenters. The van der Waals surface area contributed by atoms with Gasteiger partial charge in [-0.05, 0) is 31.1 Å². The van der Waals surface area contributed by atoms with E-state index in [1.165, 1.54) is 19.2 Å². The fourth-order valence-corrected chi connectivity index (χ4v) is 2.66. The third-order valence-corrected chi connectivity index (χ3v) is 4.04. The van der Waals surface area contributed by atoms with Crippen LogP contribution in [0.1, 0.15) is 25.1 Å². The summed E-state index contributed by atoms with van der Waals surface area (Å²) >= 11 is 6.31. The van der Waals surface area contributed by atoms with Gasteiger partial charge in [0.15, 0.2) is 0 Å². The normalized spacial score (nSPS) is 11.5. The number of hydrogen-bond acceptors (Lipinski definition) is 2. The maximum Gasteiger partial charge on any atom is 0.250 e. The van der Waals surface area contributed by atoms with Gasteiger partial charge in [0.1, 0.15) is 16.8 Å². The second kappa shape index (κ2) is 7.78. The topological polar surface area (TPSA) is 38.1 Å². The first kappa shape index (κ1) is 19.1. The van der Waals surface area contributed by atoms with Gasteiger partial charge >= 0.3 is 0 Å². The van der Waals surface area contributed by atoms with Gasteiger partial charge in [-0.25, -0.2) is 8.78 Å². The second-order valence-corrected chi connectivity index (χ2v) is 6.55. The van der Waals surface area contributed by atoms with E-state index in [1.807, 2.05) is 0 Å². The number of aryl methyl sites for hydroxylation is 1. The summed E-state index contributed by atoms with van der Waals surface area (Å²) in [5.41, 5.74) is 1.19. The average Bonchev–Trinajstić information content (AvgIpc) is 2.80. The number of anilines is 1. The lowest BCUT2D eigenvalue weighted by atomic mass is 10.2. The van der Waals surface area contributed by atoms with Crippen molar-refractivity contribution < 1.29 is 13.6 Å². The Morgan fingerprint density at radius 1 is 1.40 bits per heavy atom. The SMILES string of the molecule is Cc1nn(CC(C)C)c(Cl)c1C=CC(=O)N(C)c1cc(F)ccc1F. The van der Waals surface area contributed by atoms with Crippen LogP contribution in [0.3, 0.4) is 0 Å². The molecule has 0 saturated carbocycles. The van der Waals surface area contributed by atoms with Crippen molar-refractivity contribution in [2.45, 2.75) is 27.3 Å². The number of carbonyl (C=O) groups is 1. The van der Waals surface area contributed by atoms with Crippen LogP contribution in [0.2, 0.25) is 5.15 Å². The molecule has 0 radical (unpaired) electrons. The molecule has 2 rings (SSSR count). The maximum absolute atomic E-state index is 13.8. The maximum atomic E-state index is 13.8. The highest BCUT2D eigenvalue weighted by Gasteiger charge is 2.15. The average molecular weight is 368 g/mol. The van der Waals surface area contributed by atoms with Gasteiger partial charge in [0, 0.05) is 31.3 Å². The molecule has 4 nitrogen and oxygen atoms in total. The third kappa shape index (κ3) is 4.45. The molecular formula is C18H20ClF2N3O. The lowest BCUT2D eigenvalue weighted by molar-refractivity contribution is -0.113. The number of aromatic nitrogens is 2. The molecule has 0 aliphatic heterocycles. The van der Waals surface area contributed by atoms with E-state index in [9.17, 15) is 13.6 Å². The smallest absolute Gasteiger partial charge is 0.250 e. The fraction of sp³-hybridized carbons (Fsp3) is 0.333. The first-order chi connectivity index (χ1) is 11.7. The number of benzene rings is 1. The first-order valence-corrected chi connectivity index (χ1v) is 8.22. The van der Waals surface area contributed by atoms with Crippen LogP contribution in [0.15, 0.2) is 24.3 Å². The van der Waals surface area contributed by atoms with Crippen molar-refractivity contribution in [3.8, 4) is 0 Å². The molecule has 1 aromatic heterocycles. The van der Waals surface area contributed by atoms with Gasteiger partial charge in [-0.2, -0.15) is 5.10 Å². The third-order valence-electron chi connectivity index (χ3n) is 3.64. The molecular weight excluding hydrogens is 348 g/mol. The van der Waals surface area contributed by atoms with Gasteiger partial charge in [-0.3, -0.25) is 9.48 Å². The summed E-state index contributed by atoms with van der Waals surface area (Å²) in [6, 6.07) is 2.95. The molecule has 1 amide bonds. The van der Waals surface area contributed by atoms with Crippen LogP contribution in [0.25, 0.3) is 6.08 Å². The highest BCUT2D eigenvalue weighted by molar-refractivity contribution is 6.31. The van der Waals surface area contributed by atoms with Crippen LogP contribution < -0.4 is 4.90 Å². The molecule has 25 heavy (non-hydrogen) atoms. The molecule has 1 heterocycles. The molecule has 2 aromatic rings. The minimum Gasteiger partial charge on any atom is -0.309 e. The number of rotatable bonds is 5. The van der Waals surface area contributed by atoms with Crippen molar-refractivity contribution >= 4 is 29.3 Å². The molecule has 0 fully saturated rings. The molecule has 0 saturated heterocycles. The molecule has 0 N–H and O–H groups in total. The summed E-state index contributed by atoms with van der Waals surface area (Å²) in [4.78, 5) is 13.3. The predicted octanol–water partition coefficient (Wildman–Crippen LogP) is 4.46. The highest BCUT2D eigenvalue weighted by atomic mass is 35.5. The molecule has 7 heteroatoms. The number of hydrogen-bond donors (Lipinski definition) is 0. The standard InChI is InChI=1S/C18H20ClF2N3O/c1-11(2)10-24-18(19)14(12(3)22-24)6-8-17(25)23(4)16-9-13(20)5-7-15(16)21/h5-9,11H,10H2,1-4H3. The van der Waals surface area contributed by atoms with Crippen molar-refractivity contribution in [1.29, 1.82) is 0 Å². The van der Waals surface area contributed by atoms with Crippen molar-refractivity contribution in [3.63, 3.8) is 0 Å².